The fourth-order valence-electron chi connectivity index (χ4n) is 8.30. The monoisotopic (exact) mass is 853 g/mol. The fourth-order valence-corrected chi connectivity index (χ4v) is 8.66. The summed E-state index contributed by atoms with van der Waals surface area (Å²) < 4.78 is 43.6. The van der Waals surface area contributed by atoms with Crippen LogP contribution in [0.3, 0.4) is 0 Å². The lowest BCUT2D eigenvalue weighted by Crippen LogP contribution is -2.60. The van der Waals surface area contributed by atoms with E-state index in [0.717, 1.165) is 5.56 Å². The van der Waals surface area contributed by atoms with Crippen molar-refractivity contribution in [3.63, 3.8) is 0 Å². The second kappa shape index (κ2) is 24.0. The number of rotatable bonds is 24. The van der Waals surface area contributed by atoms with E-state index in [9.17, 15) is 32.4 Å². The van der Waals surface area contributed by atoms with Crippen molar-refractivity contribution >= 4 is 39.7 Å². The summed E-state index contributed by atoms with van der Waals surface area (Å²) in [6, 6.07) is 5.74. The van der Waals surface area contributed by atoms with Crippen molar-refractivity contribution < 1.29 is 46.4 Å². The van der Waals surface area contributed by atoms with Gasteiger partial charge in [-0.05, 0) is 43.2 Å². The number of amides is 5. The summed E-state index contributed by atoms with van der Waals surface area (Å²) in [5.74, 6) is -3.52. The van der Waals surface area contributed by atoms with E-state index in [0.29, 0.717) is 25.8 Å². The molecular formula is C42H72N6O10S. The van der Waals surface area contributed by atoms with Crippen LogP contribution in [0.1, 0.15) is 79.7 Å². The predicted octanol–water partition coefficient (Wildman–Crippen LogP) is 2.37. The number of carbonyl (C=O) groups is 5. The molecule has 0 aliphatic carbocycles. The van der Waals surface area contributed by atoms with Crippen LogP contribution in [0.4, 0.5) is 0 Å². The molecule has 0 unspecified atom stereocenters. The van der Waals surface area contributed by atoms with E-state index >= 15 is 0 Å². The first-order valence-electron chi connectivity index (χ1n) is 20.8. The molecule has 0 bridgehead atoms. The van der Waals surface area contributed by atoms with Crippen LogP contribution < -0.4 is 16.0 Å². The Kier molecular flexibility index (Phi) is 20.9. The van der Waals surface area contributed by atoms with Crippen molar-refractivity contribution in [2.24, 2.45) is 23.7 Å². The van der Waals surface area contributed by atoms with Crippen LogP contribution in [-0.4, -0.2) is 154 Å². The molecule has 0 radical (unpaired) electrons. The summed E-state index contributed by atoms with van der Waals surface area (Å²) in [5, 5.41) is 8.37. The zero-order chi connectivity index (χ0) is 44.8. The number of nitrogens with one attached hydrogen (secondary N) is 3. The van der Waals surface area contributed by atoms with Crippen LogP contribution in [0, 0.1) is 23.7 Å². The summed E-state index contributed by atoms with van der Waals surface area (Å²) in [6.45, 7) is 13.5. The molecule has 2 rings (SSSR count). The van der Waals surface area contributed by atoms with E-state index in [4.69, 9.17) is 14.0 Å². The molecular weight excluding hydrogens is 781 g/mol. The molecule has 1 aromatic carbocycles. The summed E-state index contributed by atoms with van der Waals surface area (Å²) >= 11 is 0. The Hall–Kier alpha value is -3.64. The second-order valence-corrected chi connectivity index (χ2v) is 18.1. The average molecular weight is 853 g/mol. The van der Waals surface area contributed by atoms with Gasteiger partial charge >= 0.3 is 0 Å². The first-order valence-corrected chi connectivity index (χ1v) is 22.4. The number of methoxy groups -OCH3 is 2. The normalized spacial score (nSPS) is 18.6. The SMILES string of the molecule is CC[C@H](C)[C@@H]([C@@H](CC(=O)N1CCC[C@H]1[C@H](OC)[C@@H](C)C(=O)N[C@@H](Cc1ccccc1)C(=O)NCCS(=O)(=O)O)OC)N(C)C(=O)[C@H](C(C)C)N(C)C(=O)[C@@H](NC)C(C)C. The minimum atomic E-state index is -4.32. The molecule has 1 aliphatic heterocycles. The van der Waals surface area contributed by atoms with Crippen LogP contribution in [-0.2, 0) is 50.0 Å². The summed E-state index contributed by atoms with van der Waals surface area (Å²) in [4.78, 5) is 74.3. The third-order valence-electron chi connectivity index (χ3n) is 11.7. The van der Waals surface area contributed by atoms with Crippen molar-refractivity contribution in [1.82, 2.24) is 30.7 Å². The van der Waals surface area contributed by atoms with E-state index in [1.165, 1.54) is 19.1 Å². The number of likely N-dealkylation sites (tertiary alicyclic amines) is 1. The van der Waals surface area contributed by atoms with Gasteiger partial charge in [0.2, 0.25) is 29.5 Å². The van der Waals surface area contributed by atoms with Gasteiger partial charge in [0.25, 0.3) is 10.1 Å². The molecule has 0 saturated carbocycles. The lowest BCUT2D eigenvalue weighted by atomic mass is 9.89. The maximum absolute atomic E-state index is 14.4. The highest BCUT2D eigenvalue weighted by Gasteiger charge is 2.44. The molecule has 336 valence electrons. The standard InChI is InChI=1S/C42H72N6O10S/c1-13-28(6)37(47(10)42(53)36(27(4)5)46(9)41(52)35(43-8)26(2)3)33(57-11)25-34(49)48-22-17-20-32(48)38(58-12)29(7)39(50)45-31(24-30-18-15-14-16-19-30)40(51)44-21-23-59(54,55)56/h14-16,18-19,26-29,31-33,35-38,43H,13,17,20-25H2,1-12H3,(H,44,51)(H,45,50)(H,54,55,56)/t28-,29+,31-,32-,33+,35-,36-,37-,38+/m0/s1. The van der Waals surface area contributed by atoms with Crippen molar-refractivity contribution in [3.8, 4) is 0 Å². The average Bonchev–Trinajstić information content (AvgIpc) is 3.66. The number of carbonyl (C=O) groups excluding carboxylic acids is 5. The Labute approximate surface area is 352 Å². The van der Waals surface area contributed by atoms with E-state index in [-0.39, 0.29) is 54.9 Å². The van der Waals surface area contributed by atoms with Crippen LogP contribution >= 0.6 is 0 Å². The van der Waals surface area contributed by atoms with E-state index < -0.39 is 76.0 Å². The van der Waals surface area contributed by atoms with Crippen LogP contribution in [0.2, 0.25) is 0 Å². The minimum absolute atomic E-state index is 0.00708. The Balaban J connectivity index is 2.33. The zero-order valence-corrected chi connectivity index (χ0v) is 38.1. The fraction of sp³-hybridized carbons (Fsp3) is 0.738. The zero-order valence-electron chi connectivity index (χ0n) is 37.3. The predicted molar refractivity (Wildman–Crippen MR) is 227 cm³/mol. The molecule has 59 heavy (non-hydrogen) atoms. The maximum atomic E-state index is 14.4. The van der Waals surface area contributed by atoms with Gasteiger partial charge in [-0.15, -0.1) is 0 Å². The Morgan fingerprint density at radius 1 is 0.915 bits per heavy atom. The largest absolute Gasteiger partial charge is 0.379 e. The van der Waals surface area contributed by atoms with Gasteiger partial charge in [-0.25, -0.2) is 0 Å². The van der Waals surface area contributed by atoms with Gasteiger partial charge < -0.3 is 40.1 Å². The molecule has 1 fully saturated rings. The first-order chi connectivity index (χ1) is 27.6. The molecule has 17 heteroatoms. The van der Waals surface area contributed by atoms with Crippen molar-refractivity contribution in [1.29, 1.82) is 0 Å². The molecule has 1 aliphatic rings. The van der Waals surface area contributed by atoms with Gasteiger partial charge in [0.1, 0.15) is 12.1 Å². The topological polar surface area (TPSA) is 204 Å². The number of hydrogen-bond donors (Lipinski definition) is 4. The maximum Gasteiger partial charge on any atom is 0.266 e. The highest BCUT2D eigenvalue weighted by atomic mass is 32.2. The molecule has 1 heterocycles. The quantitative estimate of drug-likeness (QED) is 0.111. The number of nitrogens with zero attached hydrogens (tertiary/aromatic N) is 3. The van der Waals surface area contributed by atoms with E-state index in [2.05, 4.69) is 16.0 Å². The molecule has 16 nitrogen and oxygen atoms in total. The van der Waals surface area contributed by atoms with E-state index in [1.807, 2.05) is 47.6 Å². The first kappa shape index (κ1) is 51.5. The summed E-state index contributed by atoms with van der Waals surface area (Å²) in [6.07, 6.45) is 0.566. The number of benzene rings is 1. The molecule has 4 N–H and O–H groups in total. The third-order valence-corrected chi connectivity index (χ3v) is 12.4. The third kappa shape index (κ3) is 14.5. The lowest BCUT2D eigenvalue weighted by molar-refractivity contribution is -0.153. The van der Waals surface area contributed by atoms with E-state index in [1.54, 1.807) is 62.1 Å². The summed E-state index contributed by atoms with van der Waals surface area (Å²) in [5.41, 5.74) is 0.760. The lowest BCUT2D eigenvalue weighted by Gasteiger charge is -2.42. The van der Waals surface area contributed by atoms with Crippen LogP contribution in [0.25, 0.3) is 0 Å². The molecule has 9 atom stereocenters. The van der Waals surface area contributed by atoms with Gasteiger partial charge in [0, 0.05) is 47.8 Å². The number of likely N-dealkylation sites (N-methyl/N-ethyl adjacent to an activating group) is 3. The molecule has 1 aromatic rings. The van der Waals surface area contributed by atoms with Gasteiger partial charge in [0.05, 0.1) is 48.4 Å². The smallest absolute Gasteiger partial charge is 0.266 e. The van der Waals surface area contributed by atoms with Crippen LogP contribution in [0.15, 0.2) is 30.3 Å². The van der Waals surface area contributed by atoms with Gasteiger partial charge in [-0.1, -0.05) is 85.2 Å². The number of ether oxygens (including phenoxy) is 2. The Morgan fingerprint density at radius 2 is 1.54 bits per heavy atom. The molecule has 5 amide bonds. The molecule has 1 saturated heterocycles. The van der Waals surface area contributed by atoms with Crippen LogP contribution in [0.5, 0.6) is 0 Å². The van der Waals surface area contributed by atoms with Crippen molar-refractivity contribution in [2.45, 2.75) is 123 Å². The highest BCUT2D eigenvalue weighted by molar-refractivity contribution is 7.85. The molecule has 0 aromatic heterocycles. The van der Waals surface area contributed by atoms with Gasteiger partial charge in [0.15, 0.2) is 0 Å². The summed E-state index contributed by atoms with van der Waals surface area (Å²) in [7, 11) is 3.79. The Bertz CT molecular complexity index is 1630. The highest BCUT2D eigenvalue weighted by Crippen LogP contribution is 2.30. The molecule has 0 spiro atoms. The van der Waals surface area contributed by atoms with Crippen molar-refractivity contribution in [3.05, 3.63) is 35.9 Å². The van der Waals surface area contributed by atoms with Gasteiger partial charge in [-0.3, -0.25) is 28.5 Å². The minimum Gasteiger partial charge on any atom is -0.379 e. The van der Waals surface area contributed by atoms with Gasteiger partial charge in [-0.2, -0.15) is 8.42 Å². The Morgan fingerprint density at radius 3 is 2.05 bits per heavy atom. The second-order valence-electron chi connectivity index (χ2n) is 16.6. The number of hydrogen-bond acceptors (Lipinski definition) is 10. The van der Waals surface area contributed by atoms with Crippen molar-refractivity contribution in [2.75, 3.05) is 54.2 Å².